The highest BCUT2D eigenvalue weighted by atomic mass is 19.4. The molecule has 1 atom stereocenters. The van der Waals surface area contributed by atoms with E-state index < -0.39 is 23.8 Å². The molecule has 0 aliphatic carbocycles. The summed E-state index contributed by atoms with van der Waals surface area (Å²) in [7, 11) is 1.26. The molecule has 0 aliphatic heterocycles. The van der Waals surface area contributed by atoms with Crippen LogP contribution in [0.25, 0.3) is 0 Å². The third-order valence-corrected chi connectivity index (χ3v) is 3.29. The Bertz CT molecular complexity index is 739. The van der Waals surface area contributed by atoms with Crippen LogP contribution in [-0.2, 0) is 15.7 Å². The van der Waals surface area contributed by atoms with Crippen LogP contribution in [0.3, 0.4) is 0 Å². The Morgan fingerprint density at radius 3 is 2.16 bits per heavy atom. The quantitative estimate of drug-likeness (QED) is 0.727. The fraction of sp³-hybridized carbons (Fsp3) is 0.278. The largest absolute Gasteiger partial charge is 0.479 e. The van der Waals surface area contributed by atoms with E-state index in [1.165, 1.54) is 19.2 Å². The average Bonchev–Trinajstić information content (AvgIpc) is 2.53. The van der Waals surface area contributed by atoms with E-state index in [2.05, 4.69) is 4.74 Å². The number of hydrogen-bond donors (Lipinski definition) is 0. The Labute approximate surface area is 143 Å². The highest BCUT2D eigenvalue weighted by Crippen LogP contribution is 2.32. The lowest BCUT2D eigenvalue weighted by Gasteiger charge is -2.15. The topological polar surface area (TPSA) is 44.8 Å². The van der Waals surface area contributed by atoms with Gasteiger partial charge in [-0.3, -0.25) is 0 Å². The van der Waals surface area contributed by atoms with E-state index in [0.717, 1.165) is 17.7 Å². The van der Waals surface area contributed by atoms with E-state index in [-0.39, 0.29) is 5.75 Å². The number of esters is 1. The monoisotopic (exact) mass is 354 g/mol. The lowest BCUT2D eigenvalue weighted by molar-refractivity contribution is -0.148. The lowest BCUT2D eigenvalue weighted by atomic mass is 10.2. The van der Waals surface area contributed by atoms with Gasteiger partial charge in [-0.2, -0.15) is 13.2 Å². The van der Waals surface area contributed by atoms with Crippen LogP contribution in [0.4, 0.5) is 13.2 Å². The summed E-state index contributed by atoms with van der Waals surface area (Å²) in [4.78, 5) is 11.4. The summed E-state index contributed by atoms with van der Waals surface area (Å²) in [6, 6.07) is 9.33. The summed E-state index contributed by atoms with van der Waals surface area (Å²) >= 11 is 0. The fourth-order valence-electron chi connectivity index (χ4n) is 2.11. The van der Waals surface area contributed by atoms with Gasteiger partial charge in [0.2, 0.25) is 0 Å². The molecular formula is C18H17F3O4. The van der Waals surface area contributed by atoms with Gasteiger partial charge in [-0.15, -0.1) is 0 Å². The van der Waals surface area contributed by atoms with E-state index in [1.54, 1.807) is 32.0 Å². The van der Waals surface area contributed by atoms with Crippen LogP contribution in [0, 0.1) is 6.92 Å². The number of ether oxygens (including phenoxy) is 3. The minimum Gasteiger partial charge on any atom is -0.479 e. The van der Waals surface area contributed by atoms with Crippen molar-refractivity contribution in [3.05, 3.63) is 53.6 Å². The smallest absolute Gasteiger partial charge is 0.416 e. The molecule has 0 N–H and O–H groups in total. The molecule has 0 saturated heterocycles. The molecule has 0 radical (unpaired) electrons. The minimum absolute atomic E-state index is 0.255. The summed E-state index contributed by atoms with van der Waals surface area (Å²) in [6.07, 6.45) is -5.20. The number of rotatable bonds is 5. The predicted octanol–water partition coefficient (Wildman–Crippen LogP) is 4.75. The van der Waals surface area contributed by atoms with Crippen molar-refractivity contribution in [2.24, 2.45) is 0 Å². The van der Waals surface area contributed by atoms with E-state index in [4.69, 9.17) is 9.47 Å². The lowest BCUT2D eigenvalue weighted by Crippen LogP contribution is -2.24. The molecule has 0 saturated carbocycles. The van der Waals surface area contributed by atoms with Gasteiger partial charge in [0.15, 0.2) is 6.10 Å². The van der Waals surface area contributed by atoms with Gasteiger partial charge in [-0.1, -0.05) is 0 Å². The molecule has 25 heavy (non-hydrogen) atoms. The van der Waals surface area contributed by atoms with Gasteiger partial charge in [0.05, 0.1) is 12.7 Å². The van der Waals surface area contributed by atoms with Crippen molar-refractivity contribution in [3.63, 3.8) is 0 Å². The second-order valence-electron chi connectivity index (χ2n) is 5.39. The van der Waals surface area contributed by atoms with Crippen molar-refractivity contribution in [3.8, 4) is 17.2 Å². The first-order chi connectivity index (χ1) is 11.7. The van der Waals surface area contributed by atoms with Gasteiger partial charge in [-0.25, -0.2) is 4.79 Å². The van der Waals surface area contributed by atoms with E-state index >= 15 is 0 Å². The predicted molar refractivity (Wildman–Crippen MR) is 84.8 cm³/mol. The second kappa shape index (κ2) is 7.46. The van der Waals surface area contributed by atoms with Crippen LogP contribution < -0.4 is 9.47 Å². The first-order valence-corrected chi connectivity index (χ1v) is 7.40. The zero-order valence-electron chi connectivity index (χ0n) is 13.9. The van der Waals surface area contributed by atoms with Gasteiger partial charge >= 0.3 is 12.1 Å². The van der Waals surface area contributed by atoms with Crippen molar-refractivity contribution in [1.29, 1.82) is 0 Å². The molecule has 0 bridgehead atoms. The van der Waals surface area contributed by atoms with E-state index in [1.807, 2.05) is 0 Å². The molecule has 2 aromatic carbocycles. The third kappa shape index (κ3) is 5.14. The molecule has 0 spiro atoms. The Hall–Kier alpha value is -2.70. The molecule has 0 fully saturated rings. The molecule has 134 valence electrons. The molecule has 7 heteroatoms. The summed E-state index contributed by atoms with van der Waals surface area (Å²) in [5.41, 5.74) is 0.0523. The van der Waals surface area contributed by atoms with Gasteiger partial charge in [0.25, 0.3) is 0 Å². The Morgan fingerprint density at radius 2 is 1.60 bits per heavy atom. The molecule has 0 amide bonds. The maximum atomic E-state index is 12.6. The standard InChI is InChI=1S/C18H17F3O4/c1-11-8-15(24-12(2)17(22)23-3)10-16(9-11)25-14-6-4-13(5-7-14)18(19,20)21/h4-10,12H,1-3H3. The molecule has 2 rings (SSSR count). The van der Waals surface area contributed by atoms with Gasteiger partial charge in [0, 0.05) is 6.07 Å². The molecule has 0 heterocycles. The van der Waals surface area contributed by atoms with Crippen LogP contribution in [-0.4, -0.2) is 19.2 Å². The fourth-order valence-corrected chi connectivity index (χ4v) is 2.11. The molecule has 0 aliphatic rings. The normalized spacial score (nSPS) is 12.4. The van der Waals surface area contributed by atoms with Crippen molar-refractivity contribution >= 4 is 5.97 Å². The Kier molecular flexibility index (Phi) is 5.56. The highest BCUT2D eigenvalue weighted by Gasteiger charge is 2.30. The number of aryl methyl sites for hydroxylation is 1. The average molecular weight is 354 g/mol. The Morgan fingerprint density at radius 1 is 1.00 bits per heavy atom. The van der Waals surface area contributed by atoms with Gasteiger partial charge < -0.3 is 14.2 Å². The third-order valence-electron chi connectivity index (χ3n) is 3.29. The maximum absolute atomic E-state index is 12.6. The Balaban J connectivity index is 2.16. The van der Waals surface area contributed by atoms with Gasteiger partial charge in [-0.05, 0) is 55.8 Å². The zero-order chi connectivity index (χ0) is 18.6. The highest BCUT2D eigenvalue weighted by molar-refractivity contribution is 5.74. The summed E-state index contributed by atoms with van der Waals surface area (Å²) in [5, 5.41) is 0. The summed E-state index contributed by atoms with van der Waals surface area (Å²) < 4.78 is 53.4. The number of halogens is 3. The van der Waals surface area contributed by atoms with Crippen molar-refractivity contribution < 1.29 is 32.2 Å². The molecule has 1 unspecified atom stereocenters. The zero-order valence-corrected chi connectivity index (χ0v) is 13.9. The number of alkyl halides is 3. The second-order valence-corrected chi connectivity index (χ2v) is 5.39. The SMILES string of the molecule is COC(=O)C(C)Oc1cc(C)cc(Oc2ccc(C(F)(F)F)cc2)c1. The van der Waals surface area contributed by atoms with Crippen LogP contribution in [0.1, 0.15) is 18.1 Å². The van der Waals surface area contributed by atoms with Gasteiger partial charge in [0.1, 0.15) is 17.2 Å². The van der Waals surface area contributed by atoms with Crippen LogP contribution in [0.5, 0.6) is 17.2 Å². The molecule has 0 aromatic heterocycles. The molecule has 2 aromatic rings. The van der Waals surface area contributed by atoms with E-state index in [0.29, 0.717) is 11.5 Å². The maximum Gasteiger partial charge on any atom is 0.416 e. The van der Waals surface area contributed by atoms with Crippen molar-refractivity contribution in [1.82, 2.24) is 0 Å². The minimum atomic E-state index is -4.40. The van der Waals surface area contributed by atoms with Crippen LogP contribution in [0.15, 0.2) is 42.5 Å². The first kappa shape index (κ1) is 18.6. The van der Waals surface area contributed by atoms with Crippen molar-refractivity contribution in [2.75, 3.05) is 7.11 Å². The first-order valence-electron chi connectivity index (χ1n) is 7.40. The summed E-state index contributed by atoms with van der Waals surface area (Å²) in [5.74, 6) is 0.504. The molecule has 4 nitrogen and oxygen atoms in total. The summed E-state index contributed by atoms with van der Waals surface area (Å²) in [6.45, 7) is 3.35. The van der Waals surface area contributed by atoms with E-state index in [9.17, 15) is 18.0 Å². The number of benzene rings is 2. The van der Waals surface area contributed by atoms with Crippen molar-refractivity contribution in [2.45, 2.75) is 26.1 Å². The van der Waals surface area contributed by atoms with Crippen LogP contribution in [0.2, 0.25) is 0 Å². The number of hydrogen-bond acceptors (Lipinski definition) is 4. The number of carbonyl (C=O) groups excluding carboxylic acids is 1. The number of methoxy groups -OCH3 is 1. The molecular weight excluding hydrogens is 337 g/mol. The number of carbonyl (C=O) groups is 1. The van der Waals surface area contributed by atoms with Crippen LogP contribution >= 0.6 is 0 Å².